The summed E-state index contributed by atoms with van der Waals surface area (Å²) in [6.45, 7) is 0. The monoisotopic (exact) mass is 355 g/mol. The molecule has 0 aliphatic rings. The first-order chi connectivity index (χ1) is 11.6. The van der Waals surface area contributed by atoms with Crippen LogP contribution in [0.15, 0.2) is 84.9 Å². The Kier molecular flexibility index (Phi) is 4.89. The zero-order valence-electron chi connectivity index (χ0n) is 12.7. The Bertz CT molecular complexity index is 778. The van der Waals surface area contributed by atoms with Crippen molar-refractivity contribution in [2.45, 2.75) is 4.87 Å². The molecule has 0 spiro atoms. The van der Waals surface area contributed by atoms with Crippen molar-refractivity contribution in [1.29, 1.82) is 0 Å². The Hall–Kier alpha value is -2.29. The number of anilines is 1. The van der Waals surface area contributed by atoms with Crippen LogP contribution in [0.25, 0.3) is 0 Å². The highest BCUT2D eigenvalue weighted by atomic mass is 35.5. The van der Waals surface area contributed by atoms with Gasteiger partial charge in [0.25, 0.3) is 5.91 Å². The quantitative estimate of drug-likeness (QED) is 0.618. The molecule has 24 heavy (non-hydrogen) atoms. The molecule has 0 aliphatic carbocycles. The zero-order chi connectivity index (χ0) is 17.0. The number of carbonyl (C=O) groups is 1. The van der Waals surface area contributed by atoms with Gasteiger partial charge in [0.2, 0.25) is 0 Å². The van der Waals surface area contributed by atoms with Crippen LogP contribution in [-0.2, 0) is 9.67 Å². The number of amides is 1. The minimum Gasteiger partial charge on any atom is -0.324 e. The van der Waals surface area contributed by atoms with E-state index in [0.29, 0.717) is 21.8 Å². The second-order valence-corrected chi connectivity index (χ2v) is 6.35. The molecule has 0 aromatic heterocycles. The van der Waals surface area contributed by atoms with Crippen LogP contribution >= 0.6 is 23.2 Å². The normalized spacial score (nSPS) is 11.1. The first-order valence-electron chi connectivity index (χ1n) is 7.47. The Morgan fingerprint density at radius 2 is 1.21 bits per heavy atom. The lowest BCUT2D eigenvalue weighted by molar-refractivity contribution is -0.117. The molecule has 120 valence electrons. The van der Waals surface area contributed by atoms with Gasteiger partial charge in [0, 0.05) is 10.7 Å². The van der Waals surface area contributed by atoms with E-state index in [1.807, 2.05) is 60.7 Å². The molecule has 1 amide bonds. The summed E-state index contributed by atoms with van der Waals surface area (Å²) >= 11 is 12.8. The Morgan fingerprint density at radius 3 is 1.67 bits per heavy atom. The third-order valence-corrected chi connectivity index (χ3v) is 4.62. The second kappa shape index (κ2) is 7.08. The van der Waals surface area contributed by atoms with Crippen molar-refractivity contribution in [3.63, 3.8) is 0 Å². The molecule has 3 aromatic carbocycles. The predicted molar refractivity (Wildman–Crippen MR) is 99.6 cm³/mol. The standard InChI is InChI=1S/C20H15Cl2NO/c21-17-11-13-18(14-12-17)23-19(24)20(22,15-7-3-1-4-8-15)16-9-5-2-6-10-16/h1-14H,(H,23,24). The topological polar surface area (TPSA) is 29.1 Å². The average Bonchev–Trinajstić information content (AvgIpc) is 2.64. The maximum atomic E-state index is 13.0. The van der Waals surface area contributed by atoms with E-state index in [1.165, 1.54) is 0 Å². The maximum absolute atomic E-state index is 13.0. The Morgan fingerprint density at radius 1 is 0.750 bits per heavy atom. The highest BCUT2D eigenvalue weighted by Gasteiger charge is 2.40. The molecular formula is C20H15Cl2NO. The number of hydrogen-bond donors (Lipinski definition) is 1. The van der Waals surface area contributed by atoms with Gasteiger partial charge in [-0.2, -0.15) is 0 Å². The average molecular weight is 356 g/mol. The van der Waals surface area contributed by atoms with Crippen molar-refractivity contribution in [2.75, 3.05) is 5.32 Å². The summed E-state index contributed by atoms with van der Waals surface area (Å²) in [5.41, 5.74) is 2.06. The van der Waals surface area contributed by atoms with Crippen LogP contribution in [0.1, 0.15) is 11.1 Å². The largest absolute Gasteiger partial charge is 0.324 e. The van der Waals surface area contributed by atoms with Crippen LogP contribution in [0.5, 0.6) is 0 Å². The number of nitrogens with one attached hydrogen (secondary N) is 1. The van der Waals surface area contributed by atoms with Gasteiger partial charge in [-0.05, 0) is 35.4 Å². The van der Waals surface area contributed by atoms with Gasteiger partial charge in [-0.25, -0.2) is 0 Å². The summed E-state index contributed by atoms with van der Waals surface area (Å²) in [7, 11) is 0. The van der Waals surface area contributed by atoms with Gasteiger partial charge in [-0.15, -0.1) is 0 Å². The summed E-state index contributed by atoms with van der Waals surface area (Å²) in [5.74, 6) is -0.316. The van der Waals surface area contributed by atoms with E-state index >= 15 is 0 Å². The summed E-state index contributed by atoms with van der Waals surface area (Å²) in [6.07, 6.45) is 0. The molecule has 0 unspecified atom stereocenters. The van der Waals surface area contributed by atoms with E-state index < -0.39 is 4.87 Å². The lowest BCUT2D eigenvalue weighted by Gasteiger charge is -2.27. The molecule has 0 saturated heterocycles. The van der Waals surface area contributed by atoms with Crippen LogP contribution in [-0.4, -0.2) is 5.91 Å². The minimum absolute atomic E-state index is 0.316. The molecule has 0 fully saturated rings. The molecule has 3 rings (SSSR count). The fourth-order valence-electron chi connectivity index (χ4n) is 2.51. The van der Waals surface area contributed by atoms with Gasteiger partial charge in [0.1, 0.15) is 0 Å². The van der Waals surface area contributed by atoms with E-state index in [0.717, 1.165) is 0 Å². The van der Waals surface area contributed by atoms with Gasteiger partial charge in [0.05, 0.1) is 0 Å². The van der Waals surface area contributed by atoms with Gasteiger partial charge < -0.3 is 5.32 Å². The first kappa shape index (κ1) is 16.6. The lowest BCUT2D eigenvalue weighted by atomic mass is 9.89. The van der Waals surface area contributed by atoms with E-state index in [9.17, 15) is 4.79 Å². The molecule has 1 N–H and O–H groups in total. The van der Waals surface area contributed by atoms with Crippen molar-refractivity contribution in [3.8, 4) is 0 Å². The minimum atomic E-state index is -1.32. The van der Waals surface area contributed by atoms with Gasteiger partial charge >= 0.3 is 0 Å². The van der Waals surface area contributed by atoms with Gasteiger partial charge in [-0.3, -0.25) is 4.79 Å². The third kappa shape index (κ3) is 3.30. The van der Waals surface area contributed by atoms with Crippen LogP contribution in [0.2, 0.25) is 5.02 Å². The maximum Gasteiger partial charge on any atom is 0.254 e. The third-order valence-electron chi connectivity index (χ3n) is 3.76. The summed E-state index contributed by atoms with van der Waals surface area (Å²) in [6, 6.07) is 25.6. The Balaban J connectivity index is 2.02. The smallest absolute Gasteiger partial charge is 0.254 e. The number of alkyl halides is 1. The van der Waals surface area contributed by atoms with Crippen molar-refractivity contribution in [1.82, 2.24) is 0 Å². The summed E-state index contributed by atoms with van der Waals surface area (Å²) < 4.78 is 0. The van der Waals surface area contributed by atoms with E-state index in [1.54, 1.807) is 24.3 Å². The second-order valence-electron chi connectivity index (χ2n) is 5.35. The number of rotatable bonds is 4. The zero-order valence-corrected chi connectivity index (χ0v) is 14.3. The Labute approximate surface area is 151 Å². The predicted octanol–water partition coefficient (Wildman–Crippen LogP) is 5.46. The molecule has 0 radical (unpaired) electrons. The number of carbonyl (C=O) groups excluding carboxylic acids is 1. The first-order valence-corrected chi connectivity index (χ1v) is 8.23. The highest BCUT2D eigenvalue weighted by Crippen LogP contribution is 2.37. The van der Waals surface area contributed by atoms with E-state index in [2.05, 4.69) is 5.32 Å². The molecule has 0 heterocycles. The van der Waals surface area contributed by atoms with Crippen molar-refractivity contribution < 1.29 is 4.79 Å². The van der Waals surface area contributed by atoms with Crippen LogP contribution in [0, 0.1) is 0 Å². The van der Waals surface area contributed by atoms with Gasteiger partial charge in [-0.1, -0.05) is 83.9 Å². The lowest BCUT2D eigenvalue weighted by Crippen LogP contribution is -2.36. The molecule has 0 saturated carbocycles. The molecule has 0 aliphatic heterocycles. The molecule has 2 nitrogen and oxygen atoms in total. The number of benzene rings is 3. The summed E-state index contributed by atoms with van der Waals surface area (Å²) in [5, 5.41) is 3.48. The fourth-order valence-corrected chi connectivity index (χ4v) is 2.94. The van der Waals surface area contributed by atoms with E-state index in [-0.39, 0.29) is 5.91 Å². The molecule has 0 atom stereocenters. The highest BCUT2D eigenvalue weighted by molar-refractivity contribution is 6.38. The molecule has 3 aromatic rings. The number of hydrogen-bond acceptors (Lipinski definition) is 1. The van der Waals surface area contributed by atoms with Crippen LogP contribution in [0.3, 0.4) is 0 Å². The SMILES string of the molecule is O=C(Nc1ccc(Cl)cc1)C(Cl)(c1ccccc1)c1ccccc1. The van der Waals surface area contributed by atoms with E-state index in [4.69, 9.17) is 23.2 Å². The molecule has 0 bridgehead atoms. The van der Waals surface area contributed by atoms with Gasteiger partial charge in [0.15, 0.2) is 4.87 Å². The number of halogens is 2. The van der Waals surface area contributed by atoms with Crippen molar-refractivity contribution >= 4 is 34.8 Å². The summed E-state index contributed by atoms with van der Waals surface area (Å²) in [4.78, 5) is 11.7. The van der Waals surface area contributed by atoms with Crippen molar-refractivity contribution in [2.24, 2.45) is 0 Å². The van der Waals surface area contributed by atoms with Crippen molar-refractivity contribution in [3.05, 3.63) is 101 Å². The van der Waals surface area contributed by atoms with Crippen LogP contribution in [0.4, 0.5) is 5.69 Å². The molecule has 4 heteroatoms. The molecular weight excluding hydrogens is 341 g/mol. The fraction of sp³-hybridized carbons (Fsp3) is 0.0500. The van der Waals surface area contributed by atoms with Crippen LogP contribution < -0.4 is 5.32 Å².